The maximum absolute atomic E-state index is 13.1. The number of hydrogen-bond donors (Lipinski definition) is 1. The third-order valence-electron chi connectivity index (χ3n) is 5.58. The minimum atomic E-state index is -0.258. The third-order valence-corrected chi connectivity index (χ3v) is 5.58. The van der Waals surface area contributed by atoms with Crippen molar-refractivity contribution in [2.45, 2.75) is 19.3 Å². The predicted molar refractivity (Wildman–Crippen MR) is 117 cm³/mol. The molecule has 160 valence electrons. The first kappa shape index (κ1) is 20.7. The van der Waals surface area contributed by atoms with Crippen molar-refractivity contribution >= 4 is 11.7 Å². The molecule has 1 N–H and O–H groups in total. The summed E-state index contributed by atoms with van der Waals surface area (Å²) in [5.74, 6) is 1.02. The SMILES string of the molecule is COc1ccc(-c2nn(-c3ccccc3)cc2C(=O)NC[C@H]2CCCC2=O)cc1OC. The summed E-state index contributed by atoms with van der Waals surface area (Å²) < 4.78 is 12.4. The number of benzene rings is 2. The van der Waals surface area contributed by atoms with E-state index in [-0.39, 0.29) is 17.6 Å². The zero-order valence-electron chi connectivity index (χ0n) is 17.6. The molecule has 7 heteroatoms. The number of para-hydroxylation sites is 1. The van der Waals surface area contributed by atoms with Gasteiger partial charge in [-0.05, 0) is 43.2 Å². The van der Waals surface area contributed by atoms with Gasteiger partial charge in [0.25, 0.3) is 5.91 Å². The molecule has 0 aliphatic heterocycles. The van der Waals surface area contributed by atoms with Crippen LogP contribution in [0.5, 0.6) is 11.5 Å². The van der Waals surface area contributed by atoms with E-state index in [1.807, 2.05) is 36.4 Å². The zero-order valence-corrected chi connectivity index (χ0v) is 17.6. The van der Waals surface area contributed by atoms with Gasteiger partial charge in [0, 0.05) is 30.6 Å². The monoisotopic (exact) mass is 419 g/mol. The van der Waals surface area contributed by atoms with E-state index in [0.29, 0.717) is 35.7 Å². The first-order valence-electron chi connectivity index (χ1n) is 10.3. The number of ether oxygens (including phenoxy) is 2. The van der Waals surface area contributed by atoms with Gasteiger partial charge in [-0.25, -0.2) is 4.68 Å². The molecule has 1 fully saturated rings. The smallest absolute Gasteiger partial charge is 0.255 e. The highest BCUT2D eigenvalue weighted by molar-refractivity contribution is 6.00. The van der Waals surface area contributed by atoms with E-state index in [2.05, 4.69) is 10.4 Å². The van der Waals surface area contributed by atoms with Crippen molar-refractivity contribution in [3.63, 3.8) is 0 Å². The molecule has 0 saturated heterocycles. The Bertz CT molecular complexity index is 1090. The van der Waals surface area contributed by atoms with Crippen LogP contribution in [0.3, 0.4) is 0 Å². The second kappa shape index (κ2) is 9.04. The number of amides is 1. The van der Waals surface area contributed by atoms with Crippen molar-refractivity contribution in [2.24, 2.45) is 5.92 Å². The molecule has 0 bridgehead atoms. The summed E-state index contributed by atoms with van der Waals surface area (Å²) in [5, 5.41) is 7.62. The number of carbonyl (C=O) groups excluding carboxylic acids is 2. The van der Waals surface area contributed by atoms with E-state index in [4.69, 9.17) is 9.47 Å². The van der Waals surface area contributed by atoms with Crippen molar-refractivity contribution < 1.29 is 19.1 Å². The van der Waals surface area contributed by atoms with Gasteiger partial charge in [-0.15, -0.1) is 0 Å². The summed E-state index contributed by atoms with van der Waals surface area (Å²) in [5.41, 5.74) is 2.53. The van der Waals surface area contributed by atoms with Crippen molar-refractivity contribution in [3.05, 3.63) is 60.3 Å². The van der Waals surface area contributed by atoms with E-state index in [9.17, 15) is 9.59 Å². The number of nitrogens with one attached hydrogen (secondary N) is 1. The van der Waals surface area contributed by atoms with Crippen LogP contribution in [0.15, 0.2) is 54.7 Å². The van der Waals surface area contributed by atoms with Gasteiger partial charge in [0.05, 0.1) is 25.5 Å². The standard InChI is InChI=1S/C24H25N3O4/c1-30-21-12-11-16(13-22(21)31-2)23-19(15-27(26-23)18-8-4-3-5-9-18)24(29)25-14-17-7-6-10-20(17)28/h3-5,8-9,11-13,15,17H,6-7,10,14H2,1-2H3,(H,25,29)/t17-/m1/s1. The molecule has 0 unspecified atom stereocenters. The van der Waals surface area contributed by atoms with E-state index in [1.54, 1.807) is 37.2 Å². The van der Waals surface area contributed by atoms with Gasteiger partial charge in [0.2, 0.25) is 0 Å². The molecule has 1 aliphatic rings. The van der Waals surface area contributed by atoms with Crippen molar-refractivity contribution in [1.82, 2.24) is 15.1 Å². The summed E-state index contributed by atoms with van der Waals surface area (Å²) >= 11 is 0. The highest BCUT2D eigenvalue weighted by atomic mass is 16.5. The van der Waals surface area contributed by atoms with E-state index in [0.717, 1.165) is 24.1 Å². The molecule has 1 heterocycles. The number of rotatable bonds is 7. The zero-order chi connectivity index (χ0) is 21.8. The molecule has 2 aromatic carbocycles. The fourth-order valence-electron chi connectivity index (χ4n) is 3.86. The Hall–Kier alpha value is -3.61. The molecule has 3 aromatic rings. The van der Waals surface area contributed by atoms with Crippen LogP contribution in [-0.4, -0.2) is 42.2 Å². The highest BCUT2D eigenvalue weighted by Crippen LogP contribution is 2.33. The average molecular weight is 419 g/mol. The summed E-state index contributed by atoms with van der Waals surface area (Å²) in [6.45, 7) is 0.347. The number of aromatic nitrogens is 2. The molecular formula is C24H25N3O4. The van der Waals surface area contributed by atoms with Gasteiger partial charge in [-0.3, -0.25) is 9.59 Å². The number of ketones is 1. The lowest BCUT2D eigenvalue weighted by atomic mass is 10.1. The summed E-state index contributed by atoms with van der Waals surface area (Å²) in [7, 11) is 3.14. The first-order valence-corrected chi connectivity index (χ1v) is 10.3. The van der Waals surface area contributed by atoms with E-state index in [1.165, 1.54) is 0 Å². The minimum Gasteiger partial charge on any atom is -0.493 e. The van der Waals surface area contributed by atoms with Crippen LogP contribution >= 0.6 is 0 Å². The van der Waals surface area contributed by atoms with Gasteiger partial charge in [0.1, 0.15) is 11.5 Å². The van der Waals surface area contributed by atoms with E-state index < -0.39 is 0 Å². The Morgan fingerprint density at radius 2 is 1.90 bits per heavy atom. The topological polar surface area (TPSA) is 82.5 Å². The van der Waals surface area contributed by atoms with Gasteiger partial charge in [-0.1, -0.05) is 18.2 Å². The van der Waals surface area contributed by atoms with Gasteiger partial charge in [0.15, 0.2) is 11.5 Å². The van der Waals surface area contributed by atoms with Crippen LogP contribution < -0.4 is 14.8 Å². The predicted octanol–water partition coefficient (Wildman–Crippen LogP) is 3.66. The normalized spacial score (nSPS) is 15.7. The molecule has 1 aliphatic carbocycles. The Labute approximate surface area is 181 Å². The molecule has 1 atom stereocenters. The van der Waals surface area contributed by atoms with Crippen LogP contribution in [-0.2, 0) is 4.79 Å². The molecule has 1 aromatic heterocycles. The summed E-state index contributed by atoms with van der Waals surface area (Å²) in [6.07, 6.45) is 4.03. The fraction of sp³-hybridized carbons (Fsp3) is 0.292. The Morgan fingerprint density at radius 1 is 1.13 bits per heavy atom. The highest BCUT2D eigenvalue weighted by Gasteiger charge is 2.26. The number of methoxy groups -OCH3 is 2. The Kier molecular flexibility index (Phi) is 6.02. The van der Waals surface area contributed by atoms with Gasteiger partial charge in [-0.2, -0.15) is 5.10 Å². The number of carbonyl (C=O) groups is 2. The lowest BCUT2D eigenvalue weighted by Crippen LogP contribution is -2.31. The van der Waals surface area contributed by atoms with Gasteiger partial charge >= 0.3 is 0 Å². The average Bonchev–Trinajstić information content (AvgIpc) is 3.44. The molecule has 31 heavy (non-hydrogen) atoms. The molecule has 0 spiro atoms. The van der Waals surface area contributed by atoms with Crippen LogP contribution in [0.4, 0.5) is 0 Å². The largest absolute Gasteiger partial charge is 0.493 e. The Morgan fingerprint density at radius 3 is 2.58 bits per heavy atom. The quantitative estimate of drug-likeness (QED) is 0.632. The maximum atomic E-state index is 13.1. The maximum Gasteiger partial charge on any atom is 0.255 e. The third kappa shape index (κ3) is 4.30. The van der Waals surface area contributed by atoms with Crippen molar-refractivity contribution in [1.29, 1.82) is 0 Å². The van der Waals surface area contributed by atoms with Crippen molar-refractivity contribution in [3.8, 4) is 28.4 Å². The van der Waals surface area contributed by atoms with E-state index >= 15 is 0 Å². The minimum absolute atomic E-state index is 0.0994. The van der Waals surface area contributed by atoms with Crippen LogP contribution in [0.25, 0.3) is 16.9 Å². The van der Waals surface area contributed by atoms with Crippen LogP contribution in [0.1, 0.15) is 29.6 Å². The van der Waals surface area contributed by atoms with Crippen molar-refractivity contribution in [2.75, 3.05) is 20.8 Å². The molecule has 4 rings (SSSR count). The van der Waals surface area contributed by atoms with Crippen LogP contribution in [0, 0.1) is 5.92 Å². The lowest BCUT2D eigenvalue weighted by molar-refractivity contribution is -0.120. The fourth-order valence-corrected chi connectivity index (χ4v) is 3.86. The molecule has 0 radical (unpaired) electrons. The molecule has 1 saturated carbocycles. The molecule has 7 nitrogen and oxygen atoms in total. The van der Waals surface area contributed by atoms with Gasteiger partial charge < -0.3 is 14.8 Å². The van der Waals surface area contributed by atoms with Crippen LogP contribution in [0.2, 0.25) is 0 Å². The second-order valence-corrected chi connectivity index (χ2v) is 7.51. The summed E-state index contributed by atoms with van der Waals surface area (Å²) in [6, 6.07) is 15.0. The summed E-state index contributed by atoms with van der Waals surface area (Å²) in [4.78, 5) is 25.0. The first-order chi connectivity index (χ1) is 15.1. The Balaban J connectivity index is 1.70. The molecular weight excluding hydrogens is 394 g/mol. The second-order valence-electron chi connectivity index (χ2n) is 7.51. The number of Topliss-reactive ketones (excluding diaryl/α,β-unsaturated/α-hetero) is 1. The number of hydrogen-bond acceptors (Lipinski definition) is 5. The molecule has 1 amide bonds. The lowest BCUT2D eigenvalue weighted by Gasteiger charge is -2.11. The number of nitrogens with zero attached hydrogens (tertiary/aromatic N) is 2.